The Hall–Kier alpha value is -1.92. The van der Waals surface area contributed by atoms with Crippen LogP contribution in [0.3, 0.4) is 0 Å². The minimum Gasteiger partial charge on any atom is -0.481 e. The van der Waals surface area contributed by atoms with Crippen molar-refractivity contribution < 1.29 is 14.8 Å². The maximum atomic E-state index is 10.7. The van der Waals surface area contributed by atoms with Crippen molar-refractivity contribution in [2.75, 3.05) is 0 Å². The van der Waals surface area contributed by atoms with Gasteiger partial charge in [0, 0.05) is 0 Å². The van der Waals surface area contributed by atoms with Crippen LogP contribution >= 0.6 is 0 Å². The van der Waals surface area contributed by atoms with Crippen LogP contribution in [0.2, 0.25) is 0 Å². The van der Waals surface area contributed by atoms with Crippen LogP contribution in [0, 0.1) is 16.0 Å². The zero-order valence-corrected chi connectivity index (χ0v) is 7.74. The van der Waals surface area contributed by atoms with Gasteiger partial charge in [0.2, 0.25) is 0 Å². The Labute approximate surface area is 84.5 Å². The maximum absolute atomic E-state index is 10.7. The van der Waals surface area contributed by atoms with Crippen molar-refractivity contribution in [3.05, 3.63) is 22.4 Å². The summed E-state index contributed by atoms with van der Waals surface area (Å²) < 4.78 is 1.38. The molecule has 7 nitrogen and oxygen atoms in total. The van der Waals surface area contributed by atoms with Crippen molar-refractivity contribution in [3.8, 4) is 0 Å². The second-order valence-electron chi connectivity index (χ2n) is 3.50. The van der Waals surface area contributed by atoms with Gasteiger partial charge in [-0.1, -0.05) is 0 Å². The summed E-state index contributed by atoms with van der Waals surface area (Å²) in [7, 11) is 0. The van der Waals surface area contributed by atoms with Crippen molar-refractivity contribution in [2.24, 2.45) is 5.92 Å². The average Bonchev–Trinajstić information content (AvgIpc) is 2.49. The molecule has 2 rings (SSSR count). The monoisotopic (exact) mass is 211 g/mol. The van der Waals surface area contributed by atoms with Gasteiger partial charge in [-0.2, -0.15) is 4.68 Å². The molecule has 0 saturated heterocycles. The van der Waals surface area contributed by atoms with Gasteiger partial charge in [-0.25, -0.2) is 0 Å². The molecule has 80 valence electrons. The van der Waals surface area contributed by atoms with Crippen molar-refractivity contribution in [2.45, 2.75) is 18.9 Å². The van der Waals surface area contributed by atoms with Gasteiger partial charge in [0.25, 0.3) is 0 Å². The first-order valence-electron chi connectivity index (χ1n) is 4.52. The standard InChI is InChI=1S/C8H9N3O4/c12-8(13)5-1-2-6(5)10-4-3-7(9-10)11(14)15/h3-6H,1-2H2,(H,12,13). The third-order valence-electron chi connectivity index (χ3n) is 2.68. The van der Waals surface area contributed by atoms with Crippen LogP contribution in [-0.2, 0) is 4.79 Å². The first kappa shape index (κ1) is 9.63. The number of nitrogens with zero attached hydrogens (tertiary/aromatic N) is 3. The van der Waals surface area contributed by atoms with E-state index in [0.717, 1.165) is 0 Å². The molecule has 2 unspecified atom stereocenters. The highest BCUT2D eigenvalue weighted by Gasteiger charge is 2.40. The molecule has 0 radical (unpaired) electrons. The summed E-state index contributed by atoms with van der Waals surface area (Å²) in [5.74, 6) is -1.58. The van der Waals surface area contributed by atoms with E-state index >= 15 is 0 Å². The minimum atomic E-state index is -0.871. The Morgan fingerprint density at radius 2 is 2.40 bits per heavy atom. The van der Waals surface area contributed by atoms with Crippen LogP contribution in [0.5, 0.6) is 0 Å². The lowest BCUT2D eigenvalue weighted by atomic mass is 9.80. The average molecular weight is 211 g/mol. The van der Waals surface area contributed by atoms with Gasteiger partial charge < -0.3 is 15.2 Å². The molecule has 1 aromatic rings. The molecule has 1 aliphatic rings. The zero-order chi connectivity index (χ0) is 11.0. The number of hydrogen-bond donors (Lipinski definition) is 1. The van der Waals surface area contributed by atoms with Gasteiger partial charge >= 0.3 is 11.8 Å². The number of rotatable bonds is 3. The Bertz CT molecular complexity index is 414. The molecule has 1 N–H and O–H groups in total. The van der Waals surface area contributed by atoms with Gasteiger partial charge in [0.05, 0.1) is 29.3 Å². The summed E-state index contributed by atoms with van der Waals surface area (Å²) in [6, 6.07) is 1.04. The molecule has 1 aromatic heterocycles. The van der Waals surface area contributed by atoms with Gasteiger partial charge in [0.1, 0.15) is 0 Å². The molecule has 0 spiro atoms. The van der Waals surface area contributed by atoms with Crippen molar-refractivity contribution >= 4 is 11.8 Å². The highest BCUT2D eigenvalue weighted by Crippen LogP contribution is 2.38. The number of aliphatic carboxylic acids is 1. The van der Waals surface area contributed by atoms with Crippen molar-refractivity contribution in [3.63, 3.8) is 0 Å². The van der Waals surface area contributed by atoms with Gasteiger partial charge in [-0.05, 0) is 17.8 Å². The third kappa shape index (κ3) is 1.56. The zero-order valence-electron chi connectivity index (χ0n) is 7.74. The number of carbonyl (C=O) groups is 1. The van der Waals surface area contributed by atoms with E-state index in [0.29, 0.717) is 12.8 Å². The van der Waals surface area contributed by atoms with E-state index in [1.54, 1.807) is 0 Å². The third-order valence-corrected chi connectivity index (χ3v) is 2.68. The molecule has 0 amide bonds. The van der Waals surface area contributed by atoms with Crippen molar-refractivity contribution in [1.29, 1.82) is 0 Å². The van der Waals surface area contributed by atoms with Gasteiger partial charge in [-0.3, -0.25) is 4.79 Å². The summed E-state index contributed by atoms with van der Waals surface area (Å²) in [4.78, 5) is 20.5. The predicted molar refractivity (Wildman–Crippen MR) is 48.3 cm³/mol. The minimum absolute atomic E-state index is 0.240. The number of hydrogen-bond acceptors (Lipinski definition) is 4. The Morgan fingerprint density at radius 3 is 2.80 bits per heavy atom. The summed E-state index contributed by atoms with van der Waals surface area (Å²) in [5, 5.41) is 22.9. The molecule has 1 aliphatic carbocycles. The normalized spacial score (nSPS) is 24.5. The smallest absolute Gasteiger partial charge is 0.389 e. The first-order valence-corrected chi connectivity index (χ1v) is 4.52. The topological polar surface area (TPSA) is 98.3 Å². The van der Waals surface area contributed by atoms with Crippen LogP contribution in [0.25, 0.3) is 0 Å². The van der Waals surface area contributed by atoms with E-state index in [-0.39, 0.29) is 11.9 Å². The molecule has 1 saturated carbocycles. The summed E-state index contributed by atoms with van der Waals surface area (Å²) >= 11 is 0. The maximum Gasteiger partial charge on any atom is 0.389 e. The Balaban J connectivity index is 2.16. The molecule has 2 atom stereocenters. The molecular formula is C8H9N3O4. The quantitative estimate of drug-likeness (QED) is 0.589. The molecule has 1 fully saturated rings. The van der Waals surface area contributed by atoms with Crippen LogP contribution in [-0.4, -0.2) is 25.8 Å². The van der Waals surface area contributed by atoms with Crippen LogP contribution in [0.15, 0.2) is 12.3 Å². The van der Waals surface area contributed by atoms with E-state index in [1.165, 1.54) is 16.9 Å². The van der Waals surface area contributed by atoms with Crippen LogP contribution in [0.1, 0.15) is 18.9 Å². The molecule has 1 heterocycles. The van der Waals surface area contributed by atoms with Crippen LogP contribution < -0.4 is 0 Å². The lowest BCUT2D eigenvalue weighted by molar-refractivity contribution is -0.389. The number of carboxylic acids is 1. The first-order chi connectivity index (χ1) is 7.09. The second kappa shape index (κ2) is 3.34. The SMILES string of the molecule is O=C(O)C1CCC1n1ccc([N+](=O)[O-])n1. The summed E-state index contributed by atoms with van der Waals surface area (Å²) in [6.45, 7) is 0. The molecule has 0 aliphatic heterocycles. The van der Waals surface area contributed by atoms with E-state index in [2.05, 4.69) is 5.10 Å². The van der Waals surface area contributed by atoms with E-state index < -0.39 is 16.8 Å². The Morgan fingerprint density at radius 1 is 1.67 bits per heavy atom. The van der Waals surface area contributed by atoms with Crippen molar-refractivity contribution in [1.82, 2.24) is 9.78 Å². The van der Waals surface area contributed by atoms with Gasteiger partial charge in [0.15, 0.2) is 0 Å². The second-order valence-corrected chi connectivity index (χ2v) is 3.50. The highest BCUT2D eigenvalue weighted by molar-refractivity contribution is 5.71. The molecular weight excluding hydrogens is 202 g/mol. The molecule has 0 aromatic carbocycles. The largest absolute Gasteiger partial charge is 0.481 e. The molecule has 0 bridgehead atoms. The molecule has 15 heavy (non-hydrogen) atoms. The van der Waals surface area contributed by atoms with E-state index in [1.807, 2.05) is 0 Å². The fourth-order valence-electron chi connectivity index (χ4n) is 1.70. The van der Waals surface area contributed by atoms with Gasteiger partial charge in [-0.15, -0.1) is 0 Å². The van der Waals surface area contributed by atoms with Crippen LogP contribution in [0.4, 0.5) is 5.82 Å². The molecule has 7 heteroatoms. The summed E-state index contributed by atoms with van der Waals surface area (Å²) in [6.07, 6.45) is 2.77. The fraction of sp³-hybridized carbons (Fsp3) is 0.500. The lowest BCUT2D eigenvalue weighted by Gasteiger charge is -2.31. The predicted octanol–water partition coefficient (Wildman–Crippen LogP) is 0.827. The number of carboxylic acid groups (broad SMARTS) is 1. The fourth-order valence-corrected chi connectivity index (χ4v) is 1.70. The Kier molecular flexibility index (Phi) is 2.14. The van der Waals surface area contributed by atoms with E-state index in [9.17, 15) is 14.9 Å². The highest BCUT2D eigenvalue weighted by atomic mass is 16.6. The number of aromatic nitrogens is 2. The lowest BCUT2D eigenvalue weighted by Crippen LogP contribution is -2.35. The number of nitro groups is 1. The van der Waals surface area contributed by atoms with E-state index in [4.69, 9.17) is 5.11 Å². The summed E-state index contributed by atoms with van der Waals surface area (Å²) in [5.41, 5.74) is 0.